The summed E-state index contributed by atoms with van der Waals surface area (Å²) >= 11 is 0. The third-order valence-electron chi connectivity index (χ3n) is 6.71. The first kappa shape index (κ1) is 22.5. The van der Waals surface area contributed by atoms with Crippen molar-refractivity contribution in [3.8, 4) is 11.1 Å². The SMILES string of the molecule is CC(C)n1nc(CN2CCOCC2)cc1C(=O)Nc1cc(-c2cccc3[nH]ccc23)cc2[nH]ncc12. The van der Waals surface area contributed by atoms with Gasteiger partial charge in [-0.15, -0.1) is 0 Å². The number of aromatic amines is 2. The number of carbonyl (C=O) groups is 1. The van der Waals surface area contributed by atoms with Crippen molar-refractivity contribution in [3.05, 3.63) is 66.2 Å². The fourth-order valence-corrected chi connectivity index (χ4v) is 4.91. The summed E-state index contributed by atoms with van der Waals surface area (Å²) in [7, 11) is 0. The van der Waals surface area contributed by atoms with E-state index in [1.54, 1.807) is 6.20 Å². The molecule has 3 aromatic heterocycles. The van der Waals surface area contributed by atoms with Gasteiger partial charge in [0.2, 0.25) is 0 Å². The predicted molar refractivity (Wildman–Crippen MR) is 140 cm³/mol. The lowest BCUT2D eigenvalue weighted by molar-refractivity contribution is 0.0335. The van der Waals surface area contributed by atoms with Gasteiger partial charge in [0.05, 0.1) is 36.3 Å². The van der Waals surface area contributed by atoms with Gasteiger partial charge >= 0.3 is 0 Å². The van der Waals surface area contributed by atoms with Crippen LogP contribution in [0.2, 0.25) is 0 Å². The third kappa shape index (κ3) is 4.16. The number of benzene rings is 2. The Morgan fingerprint density at radius 2 is 1.97 bits per heavy atom. The van der Waals surface area contributed by atoms with Crippen LogP contribution >= 0.6 is 0 Å². The van der Waals surface area contributed by atoms with Gasteiger partial charge in [-0.1, -0.05) is 12.1 Å². The second kappa shape index (κ2) is 9.25. The van der Waals surface area contributed by atoms with Gasteiger partial charge < -0.3 is 15.0 Å². The van der Waals surface area contributed by atoms with E-state index in [0.29, 0.717) is 17.9 Å². The Bertz CT molecular complexity index is 1540. The lowest BCUT2D eigenvalue weighted by Gasteiger charge is -2.25. The zero-order valence-corrected chi connectivity index (χ0v) is 20.4. The molecule has 1 aliphatic rings. The fraction of sp³-hybridized carbons (Fsp3) is 0.296. The molecule has 0 aliphatic carbocycles. The summed E-state index contributed by atoms with van der Waals surface area (Å²) in [5, 5.41) is 17.2. The van der Waals surface area contributed by atoms with Crippen LogP contribution in [0.15, 0.2) is 54.9 Å². The Labute approximate surface area is 208 Å². The van der Waals surface area contributed by atoms with Gasteiger partial charge in [-0.2, -0.15) is 10.2 Å². The molecule has 2 aromatic carbocycles. The maximum atomic E-state index is 13.6. The molecule has 9 nitrogen and oxygen atoms in total. The zero-order valence-electron chi connectivity index (χ0n) is 20.4. The van der Waals surface area contributed by atoms with Gasteiger partial charge in [0.25, 0.3) is 5.91 Å². The van der Waals surface area contributed by atoms with Crippen molar-refractivity contribution in [2.24, 2.45) is 0 Å². The minimum Gasteiger partial charge on any atom is -0.379 e. The Morgan fingerprint density at radius 3 is 2.81 bits per heavy atom. The average Bonchev–Trinajstić information content (AvgIpc) is 3.63. The molecule has 6 rings (SSSR count). The largest absolute Gasteiger partial charge is 0.379 e. The highest BCUT2D eigenvalue weighted by atomic mass is 16.5. The molecular formula is C27H29N7O2. The molecule has 9 heteroatoms. The van der Waals surface area contributed by atoms with Gasteiger partial charge in [-0.05, 0) is 55.3 Å². The average molecular weight is 484 g/mol. The van der Waals surface area contributed by atoms with Crippen molar-refractivity contribution < 1.29 is 9.53 Å². The molecule has 4 heterocycles. The minimum atomic E-state index is -0.191. The van der Waals surface area contributed by atoms with E-state index in [1.807, 2.05) is 42.9 Å². The fourth-order valence-electron chi connectivity index (χ4n) is 4.91. The summed E-state index contributed by atoms with van der Waals surface area (Å²) in [6, 6.07) is 14.3. The van der Waals surface area contributed by atoms with Gasteiger partial charge in [0.1, 0.15) is 5.69 Å². The standard InChI is InChI=1S/C27H29N7O2/c1-17(2)34-26(14-19(32-34)16-33-8-10-36-11-9-33)27(35)30-24-12-18(13-25-22(24)15-29-31-25)20-4-3-5-23-21(20)6-7-28-23/h3-7,12-15,17,28H,8-11,16H2,1-2H3,(H,29,31)(H,30,35). The van der Waals surface area contributed by atoms with E-state index < -0.39 is 0 Å². The predicted octanol–water partition coefficient (Wildman–Crippen LogP) is 4.57. The van der Waals surface area contributed by atoms with Gasteiger partial charge in [-0.3, -0.25) is 19.5 Å². The number of rotatable bonds is 6. The van der Waals surface area contributed by atoms with Crippen LogP contribution < -0.4 is 5.32 Å². The first-order valence-corrected chi connectivity index (χ1v) is 12.3. The summed E-state index contributed by atoms with van der Waals surface area (Å²) in [6.07, 6.45) is 3.68. The number of amides is 1. The van der Waals surface area contributed by atoms with Crippen LogP contribution in [0.4, 0.5) is 5.69 Å². The van der Waals surface area contributed by atoms with Crippen molar-refractivity contribution in [2.45, 2.75) is 26.4 Å². The van der Waals surface area contributed by atoms with Crippen LogP contribution in [0, 0.1) is 0 Å². The smallest absolute Gasteiger partial charge is 0.273 e. The number of anilines is 1. The highest BCUT2D eigenvalue weighted by Gasteiger charge is 2.21. The van der Waals surface area contributed by atoms with Crippen molar-refractivity contribution >= 4 is 33.4 Å². The molecule has 1 amide bonds. The highest BCUT2D eigenvalue weighted by molar-refractivity contribution is 6.09. The van der Waals surface area contributed by atoms with E-state index in [-0.39, 0.29) is 11.9 Å². The number of hydrogen-bond acceptors (Lipinski definition) is 5. The summed E-state index contributed by atoms with van der Waals surface area (Å²) < 4.78 is 7.27. The Hall–Kier alpha value is -3.95. The van der Waals surface area contributed by atoms with E-state index in [4.69, 9.17) is 9.84 Å². The topological polar surface area (TPSA) is 104 Å². The number of nitrogens with one attached hydrogen (secondary N) is 3. The molecule has 1 aliphatic heterocycles. The first-order chi connectivity index (χ1) is 17.6. The van der Waals surface area contributed by atoms with Crippen LogP contribution in [-0.2, 0) is 11.3 Å². The molecule has 36 heavy (non-hydrogen) atoms. The second-order valence-electron chi connectivity index (χ2n) is 9.50. The van der Waals surface area contributed by atoms with Gasteiger partial charge in [0.15, 0.2) is 0 Å². The summed E-state index contributed by atoms with van der Waals surface area (Å²) in [4.78, 5) is 19.2. The number of fused-ring (bicyclic) bond motifs is 2. The van der Waals surface area contributed by atoms with Crippen LogP contribution in [0.5, 0.6) is 0 Å². The van der Waals surface area contributed by atoms with Crippen molar-refractivity contribution in [2.75, 3.05) is 31.6 Å². The van der Waals surface area contributed by atoms with E-state index in [1.165, 1.54) is 0 Å². The lowest BCUT2D eigenvalue weighted by Crippen LogP contribution is -2.35. The number of ether oxygens (including phenoxy) is 1. The van der Waals surface area contributed by atoms with Crippen molar-refractivity contribution in [1.82, 2.24) is 29.9 Å². The summed E-state index contributed by atoms with van der Waals surface area (Å²) in [6.45, 7) is 7.97. The van der Waals surface area contributed by atoms with Gasteiger partial charge in [0, 0.05) is 48.2 Å². The summed E-state index contributed by atoms with van der Waals surface area (Å²) in [5.74, 6) is -0.191. The molecule has 1 saturated heterocycles. The molecule has 0 saturated carbocycles. The Balaban J connectivity index is 1.34. The molecule has 0 spiro atoms. The minimum absolute atomic E-state index is 0.0515. The number of hydrogen-bond donors (Lipinski definition) is 3. The second-order valence-corrected chi connectivity index (χ2v) is 9.50. The van der Waals surface area contributed by atoms with Crippen molar-refractivity contribution in [3.63, 3.8) is 0 Å². The quantitative estimate of drug-likeness (QED) is 0.328. The molecule has 1 fully saturated rings. The van der Waals surface area contributed by atoms with E-state index in [0.717, 1.165) is 64.9 Å². The lowest BCUT2D eigenvalue weighted by atomic mass is 9.99. The monoisotopic (exact) mass is 483 g/mol. The van der Waals surface area contributed by atoms with E-state index in [9.17, 15) is 4.79 Å². The zero-order chi connectivity index (χ0) is 24.6. The molecule has 184 valence electrons. The normalized spacial score (nSPS) is 14.8. The number of H-pyrrole nitrogens is 2. The van der Waals surface area contributed by atoms with Crippen LogP contribution in [0.25, 0.3) is 32.9 Å². The molecule has 3 N–H and O–H groups in total. The van der Waals surface area contributed by atoms with E-state index in [2.05, 4.69) is 49.7 Å². The Kier molecular flexibility index (Phi) is 5.79. The first-order valence-electron chi connectivity index (χ1n) is 12.3. The number of carbonyl (C=O) groups excluding carboxylic acids is 1. The molecule has 0 bridgehead atoms. The number of morpholine rings is 1. The number of nitrogens with zero attached hydrogens (tertiary/aromatic N) is 4. The molecule has 0 unspecified atom stereocenters. The molecule has 0 radical (unpaired) electrons. The van der Waals surface area contributed by atoms with Crippen LogP contribution in [0.1, 0.15) is 36.1 Å². The third-order valence-corrected chi connectivity index (χ3v) is 6.71. The van der Waals surface area contributed by atoms with E-state index >= 15 is 0 Å². The maximum absolute atomic E-state index is 13.6. The maximum Gasteiger partial charge on any atom is 0.273 e. The summed E-state index contributed by atoms with van der Waals surface area (Å²) in [5.41, 5.74) is 6.15. The molecular weight excluding hydrogens is 454 g/mol. The Morgan fingerprint density at radius 1 is 1.11 bits per heavy atom. The molecule has 0 atom stereocenters. The highest BCUT2D eigenvalue weighted by Crippen LogP contribution is 2.34. The number of aromatic nitrogens is 5. The van der Waals surface area contributed by atoms with Crippen molar-refractivity contribution in [1.29, 1.82) is 0 Å². The van der Waals surface area contributed by atoms with Crippen LogP contribution in [0.3, 0.4) is 0 Å². The molecule has 5 aromatic rings. The van der Waals surface area contributed by atoms with Crippen LogP contribution in [-0.4, -0.2) is 62.1 Å². The van der Waals surface area contributed by atoms with Gasteiger partial charge in [-0.25, -0.2) is 0 Å².